The van der Waals surface area contributed by atoms with Crippen molar-refractivity contribution in [1.29, 1.82) is 0 Å². The summed E-state index contributed by atoms with van der Waals surface area (Å²) in [5.74, 6) is 0.200. The Hall–Kier alpha value is -4.98. The number of amides is 1. The summed E-state index contributed by atoms with van der Waals surface area (Å²) in [4.78, 5) is 42.0. The van der Waals surface area contributed by atoms with Gasteiger partial charge in [-0.1, -0.05) is 54.6 Å². The fraction of sp³-hybridized carbons (Fsp3) is 0.333. The minimum Gasteiger partial charge on any atom is -0.376 e. The molecule has 0 spiro atoms. The minimum atomic E-state index is -4.43. The quantitative estimate of drug-likeness (QED) is 0.0449. The number of nitrogens with one attached hydrogen (secondary N) is 2. The molecular formula is C42H49N5O6S2. The van der Waals surface area contributed by atoms with Gasteiger partial charge in [0.15, 0.2) is 5.78 Å². The fourth-order valence-electron chi connectivity index (χ4n) is 6.47. The van der Waals surface area contributed by atoms with Gasteiger partial charge in [0.05, 0.1) is 9.82 Å². The molecule has 1 aliphatic heterocycles. The number of hydrogen-bond donors (Lipinski definition) is 2. The molecule has 0 aromatic heterocycles. The number of nitro benzene ring substituents is 1. The average molecular weight is 784 g/mol. The van der Waals surface area contributed by atoms with Crippen molar-refractivity contribution in [2.75, 3.05) is 49.7 Å². The van der Waals surface area contributed by atoms with Gasteiger partial charge >= 0.3 is 0 Å². The Labute approximate surface area is 328 Å². The standard InChI is InChI=1S/C42H49N5O6S2/c1-31(48)35(15-14-32-10-6-4-7-11-32)28-33-22-26-46(27-23-33)37-18-16-34(17-19-37)42(49)44-55(52,53)39-20-21-40(41(29-39)47(50)51)43-36(24-25-45(2)3)30-54-38-12-8-5-9-13-38/h4-13,16-21,28-29,33,36,43H,14-15,22-27,30H2,1-3H3,(H,44,49)/b35-28-/t36-/m1/s1. The number of piperidine rings is 1. The van der Waals surface area contributed by atoms with Crippen LogP contribution in [0.5, 0.6) is 0 Å². The Balaban J connectivity index is 1.19. The maximum absolute atomic E-state index is 13.3. The van der Waals surface area contributed by atoms with Crippen LogP contribution in [-0.4, -0.2) is 75.5 Å². The zero-order valence-corrected chi connectivity index (χ0v) is 33.2. The monoisotopic (exact) mass is 783 g/mol. The summed E-state index contributed by atoms with van der Waals surface area (Å²) in [7, 11) is -0.522. The third kappa shape index (κ3) is 12.3. The third-order valence-corrected chi connectivity index (χ3v) is 12.1. The van der Waals surface area contributed by atoms with Crippen molar-refractivity contribution in [2.24, 2.45) is 5.92 Å². The largest absolute Gasteiger partial charge is 0.376 e. The van der Waals surface area contributed by atoms with Crippen LogP contribution < -0.4 is 14.9 Å². The topological polar surface area (TPSA) is 142 Å². The second kappa shape index (κ2) is 19.6. The lowest BCUT2D eigenvalue weighted by molar-refractivity contribution is -0.384. The number of allylic oxidation sites excluding steroid dienone is 2. The Morgan fingerprint density at radius 1 is 0.964 bits per heavy atom. The molecule has 13 heteroatoms. The SMILES string of the molecule is CC(=O)/C(=C\C1CCN(c2ccc(C(=O)NS(=O)(=O)c3ccc(N[C@H](CCN(C)C)CSc4ccccc4)c([N+](=O)[O-])c3)cc2)CC1)CCc1ccccc1. The van der Waals surface area contributed by atoms with Gasteiger partial charge in [-0.15, -0.1) is 11.8 Å². The number of Topliss-reactive ketones (excluding diaryl/α,β-unsaturated/α-hetero) is 1. The highest BCUT2D eigenvalue weighted by Gasteiger charge is 2.26. The van der Waals surface area contributed by atoms with Gasteiger partial charge in [-0.2, -0.15) is 0 Å². The van der Waals surface area contributed by atoms with E-state index in [4.69, 9.17) is 0 Å². The molecule has 1 fully saturated rings. The molecule has 0 unspecified atom stereocenters. The number of ketones is 1. The number of nitrogens with zero attached hydrogens (tertiary/aromatic N) is 3. The summed E-state index contributed by atoms with van der Waals surface area (Å²) in [5.41, 5.74) is 2.92. The van der Waals surface area contributed by atoms with Gasteiger partial charge in [0.25, 0.3) is 21.6 Å². The van der Waals surface area contributed by atoms with E-state index < -0.39 is 26.5 Å². The van der Waals surface area contributed by atoms with Gasteiger partial charge < -0.3 is 15.1 Å². The number of carbonyl (C=O) groups is 2. The first-order valence-corrected chi connectivity index (χ1v) is 20.9. The first-order valence-electron chi connectivity index (χ1n) is 18.4. The van der Waals surface area contributed by atoms with Crippen LogP contribution in [0.3, 0.4) is 0 Å². The smallest absolute Gasteiger partial charge is 0.293 e. The van der Waals surface area contributed by atoms with E-state index in [1.165, 1.54) is 17.7 Å². The van der Waals surface area contributed by atoms with Crippen molar-refractivity contribution in [2.45, 2.75) is 54.9 Å². The second-order valence-corrected chi connectivity index (χ2v) is 16.8. The first-order chi connectivity index (χ1) is 26.4. The highest BCUT2D eigenvalue weighted by molar-refractivity contribution is 7.99. The molecule has 0 aliphatic carbocycles. The number of nitro groups is 1. The highest BCUT2D eigenvalue weighted by atomic mass is 32.2. The van der Waals surface area contributed by atoms with Crippen LogP contribution in [0.1, 0.15) is 48.5 Å². The predicted octanol–water partition coefficient (Wildman–Crippen LogP) is 7.60. The molecule has 0 radical (unpaired) electrons. The summed E-state index contributed by atoms with van der Waals surface area (Å²) in [6.07, 6.45) is 6.14. The van der Waals surface area contributed by atoms with Crippen molar-refractivity contribution in [3.63, 3.8) is 0 Å². The van der Waals surface area contributed by atoms with E-state index in [2.05, 4.69) is 33.1 Å². The summed E-state index contributed by atoms with van der Waals surface area (Å²) < 4.78 is 28.7. The molecule has 1 heterocycles. The predicted molar refractivity (Wildman–Crippen MR) is 220 cm³/mol. The number of anilines is 2. The lowest BCUT2D eigenvalue weighted by atomic mass is 9.91. The molecule has 5 rings (SSSR count). The fourth-order valence-corrected chi connectivity index (χ4v) is 8.46. The minimum absolute atomic E-state index is 0.107. The zero-order valence-electron chi connectivity index (χ0n) is 31.5. The maximum Gasteiger partial charge on any atom is 0.293 e. The number of rotatable bonds is 18. The molecule has 290 valence electrons. The van der Waals surface area contributed by atoms with Crippen molar-refractivity contribution < 1.29 is 22.9 Å². The molecule has 2 N–H and O–H groups in total. The number of sulfonamides is 1. The first kappa shape index (κ1) is 41.2. The number of hydrogen-bond acceptors (Lipinski definition) is 10. The molecule has 1 saturated heterocycles. The molecule has 0 bridgehead atoms. The number of carbonyl (C=O) groups excluding carboxylic acids is 2. The summed E-state index contributed by atoms with van der Waals surface area (Å²) >= 11 is 1.63. The average Bonchev–Trinajstić information content (AvgIpc) is 3.18. The van der Waals surface area contributed by atoms with Crippen LogP contribution >= 0.6 is 11.8 Å². The molecule has 1 aliphatic rings. The third-order valence-electron chi connectivity index (χ3n) is 9.63. The van der Waals surface area contributed by atoms with Crippen LogP contribution in [-0.2, 0) is 21.2 Å². The number of benzene rings is 4. The second-order valence-electron chi connectivity index (χ2n) is 14.0. The van der Waals surface area contributed by atoms with Crippen molar-refractivity contribution in [3.8, 4) is 0 Å². The Morgan fingerprint density at radius 2 is 1.62 bits per heavy atom. The molecule has 0 saturated carbocycles. The van der Waals surface area contributed by atoms with E-state index >= 15 is 0 Å². The van der Waals surface area contributed by atoms with E-state index in [0.29, 0.717) is 24.5 Å². The molecule has 4 aromatic rings. The van der Waals surface area contributed by atoms with Crippen LogP contribution in [0.2, 0.25) is 0 Å². The van der Waals surface area contributed by atoms with E-state index in [1.54, 1.807) is 43.0 Å². The Morgan fingerprint density at radius 3 is 2.24 bits per heavy atom. The van der Waals surface area contributed by atoms with Gasteiger partial charge in [-0.05, 0) is 125 Å². The summed E-state index contributed by atoms with van der Waals surface area (Å²) in [5, 5.41) is 15.4. The highest BCUT2D eigenvalue weighted by Crippen LogP contribution is 2.31. The van der Waals surface area contributed by atoms with Crippen LogP contribution in [0.25, 0.3) is 0 Å². The molecule has 1 amide bonds. The molecule has 55 heavy (non-hydrogen) atoms. The van der Waals surface area contributed by atoms with E-state index in [9.17, 15) is 28.1 Å². The van der Waals surface area contributed by atoms with Crippen LogP contribution in [0.15, 0.2) is 125 Å². The molecule has 1 atom stereocenters. The summed E-state index contributed by atoms with van der Waals surface area (Å²) in [6.45, 7) is 3.92. The molecule has 4 aromatic carbocycles. The molecular weight excluding hydrogens is 735 g/mol. The Kier molecular flexibility index (Phi) is 14.6. The van der Waals surface area contributed by atoms with E-state index in [0.717, 1.165) is 61.1 Å². The lowest BCUT2D eigenvalue weighted by Gasteiger charge is -2.33. The van der Waals surface area contributed by atoms with Gasteiger partial charge in [0.1, 0.15) is 5.69 Å². The van der Waals surface area contributed by atoms with Crippen molar-refractivity contribution in [3.05, 3.63) is 136 Å². The van der Waals surface area contributed by atoms with Crippen LogP contribution in [0, 0.1) is 16.0 Å². The van der Waals surface area contributed by atoms with E-state index in [1.807, 2.05) is 67.5 Å². The van der Waals surface area contributed by atoms with Gasteiger partial charge in [-0.3, -0.25) is 19.7 Å². The van der Waals surface area contributed by atoms with E-state index in [-0.39, 0.29) is 28.0 Å². The van der Waals surface area contributed by atoms with Gasteiger partial charge in [0.2, 0.25) is 0 Å². The van der Waals surface area contributed by atoms with Crippen molar-refractivity contribution >= 4 is 50.5 Å². The van der Waals surface area contributed by atoms with Gasteiger partial charge in [-0.25, -0.2) is 13.1 Å². The number of aryl methyl sites for hydroxylation is 1. The zero-order chi connectivity index (χ0) is 39.4. The van der Waals surface area contributed by atoms with Crippen molar-refractivity contribution in [1.82, 2.24) is 9.62 Å². The number of thioether (sulfide) groups is 1. The van der Waals surface area contributed by atoms with Crippen LogP contribution in [0.4, 0.5) is 17.1 Å². The normalized spacial score (nSPS) is 14.4. The van der Waals surface area contributed by atoms with Gasteiger partial charge in [0, 0.05) is 47.1 Å². The summed E-state index contributed by atoms with van der Waals surface area (Å²) in [6, 6.07) is 30.2. The Bertz CT molecular complexity index is 2050. The maximum atomic E-state index is 13.3. The molecule has 11 nitrogen and oxygen atoms in total. The lowest BCUT2D eigenvalue weighted by Crippen LogP contribution is -2.33.